The first-order chi connectivity index (χ1) is 13.8. The molecule has 0 saturated heterocycles. The van der Waals surface area contributed by atoms with Gasteiger partial charge in [-0.3, -0.25) is 9.52 Å². The minimum atomic E-state index is -3.77. The Balaban J connectivity index is 1.76. The number of hydrogen-bond acceptors (Lipinski definition) is 6. The van der Waals surface area contributed by atoms with Crippen molar-refractivity contribution >= 4 is 42.6 Å². The molecular formula is C20H23N3O4S2. The Labute approximate surface area is 174 Å². The maximum atomic E-state index is 12.6. The first kappa shape index (κ1) is 21.1. The van der Waals surface area contributed by atoms with Crippen LogP contribution in [0, 0.1) is 5.92 Å². The minimum Gasteiger partial charge on any atom is -0.497 e. The van der Waals surface area contributed by atoms with Crippen LogP contribution in [0.2, 0.25) is 0 Å². The molecule has 7 nitrogen and oxygen atoms in total. The molecule has 3 rings (SSSR count). The van der Waals surface area contributed by atoms with Crippen LogP contribution in [0.1, 0.15) is 30.6 Å². The van der Waals surface area contributed by atoms with Gasteiger partial charge in [-0.2, -0.15) is 0 Å². The second-order valence-corrected chi connectivity index (χ2v) is 9.63. The Bertz CT molecular complexity index is 1110. The number of carbonyl (C=O) groups is 1. The number of fused-ring (bicyclic) bond motifs is 1. The number of benzene rings is 2. The summed E-state index contributed by atoms with van der Waals surface area (Å²) in [5.74, 6) is 0.935. The largest absolute Gasteiger partial charge is 0.497 e. The van der Waals surface area contributed by atoms with Gasteiger partial charge in [-0.05, 0) is 54.8 Å². The Hall–Kier alpha value is -2.65. The van der Waals surface area contributed by atoms with Crippen LogP contribution in [-0.4, -0.2) is 33.0 Å². The van der Waals surface area contributed by atoms with Crippen LogP contribution in [-0.2, 0) is 10.0 Å². The lowest BCUT2D eigenvalue weighted by Gasteiger charge is -2.07. The maximum Gasteiger partial charge on any atom is 0.263 e. The molecule has 0 atom stereocenters. The highest BCUT2D eigenvalue weighted by Gasteiger charge is 2.17. The van der Waals surface area contributed by atoms with E-state index in [0.717, 1.165) is 11.1 Å². The monoisotopic (exact) mass is 433 g/mol. The van der Waals surface area contributed by atoms with Crippen molar-refractivity contribution in [3.05, 3.63) is 48.0 Å². The van der Waals surface area contributed by atoms with Crippen molar-refractivity contribution in [2.24, 2.45) is 5.92 Å². The summed E-state index contributed by atoms with van der Waals surface area (Å²) in [6.07, 6.45) is 0.909. The lowest BCUT2D eigenvalue weighted by Crippen LogP contribution is -2.25. The summed E-state index contributed by atoms with van der Waals surface area (Å²) in [5, 5.41) is 3.14. The number of nitrogens with zero attached hydrogens (tertiary/aromatic N) is 1. The number of methoxy groups -OCH3 is 1. The van der Waals surface area contributed by atoms with Crippen molar-refractivity contribution in [2.45, 2.75) is 25.2 Å². The van der Waals surface area contributed by atoms with Crippen molar-refractivity contribution in [2.75, 3.05) is 18.4 Å². The first-order valence-electron chi connectivity index (χ1n) is 9.14. The van der Waals surface area contributed by atoms with E-state index >= 15 is 0 Å². The summed E-state index contributed by atoms with van der Waals surface area (Å²) in [7, 11) is -2.25. The van der Waals surface area contributed by atoms with Gasteiger partial charge in [0.1, 0.15) is 5.75 Å². The number of rotatable bonds is 8. The van der Waals surface area contributed by atoms with Gasteiger partial charge in [0, 0.05) is 12.1 Å². The molecule has 0 fully saturated rings. The molecule has 0 aliphatic heterocycles. The predicted octanol–water partition coefficient (Wildman–Crippen LogP) is 3.88. The van der Waals surface area contributed by atoms with Gasteiger partial charge in [-0.15, -0.1) is 0 Å². The molecule has 29 heavy (non-hydrogen) atoms. The van der Waals surface area contributed by atoms with E-state index in [4.69, 9.17) is 4.74 Å². The zero-order valence-corrected chi connectivity index (χ0v) is 18.1. The number of aromatic nitrogens is 1. The summed E-state index contributed by atoms with van der Waals surface area (Å²) in [6.45, 7) is 4.82. The molecule has 1 heterocycles. The second kappa shape index (κ2) is 8.79. The van der Waals surface area contributed by atoms with Crippen LogP contribution in [0.3, 0.4) is 0 Å². The molecule has 1 aromatic heterocycles. The zero-order valence-electron chi connectivity index (χ0n) is 16.4. The van der Waals surface area contributed by atoms with Gasteiger partial charge < -0.3 is 10.1 Å². The Kier molecular flexibility index (Phi) is 6.39. The molecule has 0 unspecified atom stereocenters. The third kappa shape index (κ3) is 5.24. The van der Waals surface area contributed by atoms with Crippen LogP contribution in [0.5, 0.6) is 5.75 Å². The van der Waals surface area contributed by atoms with Gasteiger partial charge in [0.2, 0.25) is 0 Å². The molecule has 0 radical (unpaired) electrons. The van der Waals surface area contributed by atoms with E-state index in [1.165, 1.54) is 30.6 Å². The van der Waals surface area contributed by atoms with Crippen molar-refractivity contribution in [3.8, 4) is 5.75 Å². The number of sulfonamides is 1. The molecule has 1 amide bonds. The number of hydrogen-bond donors (Lipinski definition) is 2. The summed E-state index contributed by atoms with van der Waals surface area (Å²) < 4.78 is 33.4. The van der Waals surface area contributed by atoms with Gasteiger partial charge in [0.15, 0.2) is 5.13 Å². The van der Waals surface area contributed by atoms with Crippen LogP contribution in [0.4, 0.5) is 5.13 Å². The molecule has 2 aromatic carbocycles. The van der Waals surface area contributed by atoms with Gasteiger partial charge >= 0.3 is 0 Å². The van der Waals surface area contributed by atoms with E-state index in [1.54, 1.807) is 30.3 Å². The van der Waals surface area contributed by atoms with E-state index in [9.17, 15) is 13.2 Å². The average Bonchev–Trinajstić information content (AvgIpc) is 3.08. The SMILES string of the molecule is COc1ccc(S(=O)(=O)Nc2nc3ccc(C(=O)NCCC(C)C)cc3s2)cc1. The smallest absolute Gasteiger partial charge is 0.263 e. The van der Waals surface area contributed by atoms with Crippen LogP contribution < -0.4 is 14.8 Å². The van der Waals surface area contributed by atoms with Crippen molar-refractivity contribution in [3.63, 3.8) is 0 Å². The van der Waals surface area contributed by atoms with Crippen LogP contribution in [0.25, 0.3) is 10.2 Å². The maximum absolute atomic E-state index is 12.6. The van der Waals surface area contributed by atoms with E-state index in [1.807, 2.05) is 0 Å². The molecule has 0 spiro atoms. The van der Waals surface area contributed by atoms with Gasteiger partial charge in [-0.1, -0.05) is 25.2 Å². The Morgan fingerprint density at radius 2 is 1.90 bits per heavy atom. The lowest BCUT2D eigenvalue weighted by atomic mass is 10.1. The fraction of sp³-hybridized carbons (Fsp3) is 0.300. The normalized spacial score (nSPS) is 11.6. The van der Waals surface area contributed by atoms with E-state index in [2.05, 4.69) is 28.9 Å². The Morgan fingerprint density at radius 3 is 2.55 bits per heavy atom. The van der Waals surface area contributed by atoms with E-state index < -0.39 is 10.0 Å². The highest BCUT2D eigenvalue weighted by atomic mass is 32.2. The standard InChI is InChI=1S/C20H23N3O4S2/c1-13(2)10-11-21-19(24)14-4-9-17-18(12-14)28-20(22-17)23-29(25,26)16-7-5-15(27-3)6-8-16/h4-9,12-13H,10-11H2,1-3H3,(H,21,24)(H,22,23). The number of nitrogens with one attached hydrogen (secondary N) is 2. The Morgan fingerprint density at radius 1 is 1.17 bits per heavy atom. The number of carbonyl (C=O) groups excluding carboxylic acids is 1. The number of thiazole rings is 1. The molecular weight excluding hydrogens is 410 g/mol. The topological polar surface area (TPSA) is 97.4 Å². The zero-order chi connectivity index (χ0) is 21.0. The highest BCUT2D eigenvalue weighted by Crippen LogP contribution is 2.29. The van der Waals surface area contributed by atoms with E-state index in [0.29, 0.717) is 29.3 Å². The van der Waals surface area contributed by atoms with Crippen molar-refractivity contribution in [1.82, 2.24) is 10.3 Å². The number of ether oxygens (including phenoxy) is 1. The summed E-state index contributed by atoms with van der Waals surface area (Å²) in [6, 6.07) is 11.2. The van der Waals surface area contributed by atoms with Gasteiger partial charge in [-0.25, -0.2) is 13.4 Å². The quantitative estimate of drug-likeness (QED) is 0.562. The summed E-state index contributed by atoms with van der Waals surface area (Å²) in [5.41, 5.74) is 1.15. The molecule has 0 saturated carbocycles. The lowest BCUT2D eigenvalue weighted by molar-refractivity contribution is 0.0952. The number of amides is 1. The molecule has 3 aromatic rings. The fourth-order valence-corrected chi connectivity index (χ4v) is 4.75. The third-order valence-corrected chi connectivity index (χ3v) is 6.67. The molecule has 0 aliphatic rings. The highest BCUT2D eigenvalue weighted by molar-refractivity contribution is 7.93. The summed E-state index contributed by atoms with van der Waals surface area (Å²) in [4.78, 5) is 16.7. The molecule has 9 heteroatoms. The minimum absolute atomic E-state index is 0.114. The summed E-state index contributed by atoms with van der Waals surface area (Å²) >= 11 is 1.18. The first-order valence-corrected chi connectivity index (χ1v) is 11.4. The second-order valence-electron chi connectivity index (χ2n) is 6.92. The van der Waals surface area contributed by atoms with Crippen molar-refractivity contribution < 1.29 is 17.9 Å². The molecule has 0 bridgehead atoms. The van der Waals surface area contributed by atoms with Crippen LogP contribution >= 0.6 is 11.3 Å². The predicted molar refractivity (Wildman–Crippen MR) is 115 cm³/mol. The number of anilines is 1. The fourth-order valence-electron chi connectivity index (χ4n) is 2.61. The molecule has 0 aliphatic carbocycles. The third-order valence-electron chi connectivity index (χ3n) is 4.25. The molecule has 2 N–H and O–H groups in total. The van der Waals surface area contributed by atoms with Crippen LogP contribution in [0.15, 0.2) is 47.4 Å². The van der Waals surface area contributed by atoms with Crippen molar-refractivity contribution in [1.29, 1.82) is 0 Å². The van der Waals surface area contributed by atoms with E-state index in [-0.39, 0.29) is 15.9 Å². The molecule has 154 valence electrons. The van der Waals surface area contributed by atoms with Gasteiger partial charge in [0.05, 0.1) is 22.2 Å². The van der Waals surface area contributed by atoms with Gasteiger partial charge in [0.25, 0.3) is 15.9 Å². The average molecular weight is 434 g/mol.